The van der Waals surface area contributed by atoms with Crippen molar-refractivity contribution in [2.24, 2.45) is 0 Å². The Hall–Kier alpha value is -2.30. The van der Waals surface area contributed by atoms with Crippen LogP contribution in [0.5, 0.6) is 0 Å². The minimum Gasteiger partial charge on any atom is -0.361 e. The predicted octanol–water partition coefficient (Wildman–Crippen LogP) is 1.26. The largest absolute Gasteiger partial charge is 0.361 e. The van der Waals surface area contributed by atoms with E-state index in [4.69, 9.17) is 0 Å². The Balaban J connectivity index is 1.89. The minimum atomic E-state index is -0.457. The van der Waals surface area contributed by atoms with E-state index in [0.717, 1.165) is 21.4 Å². The number of likely N-dealkylation sites (N-methyl/N-ethyl adjacent to an activating group) is 1. The number of fused-ring (bicyclic) bond motifs is 1. The maximum atomic E-state index is 11.8. The average molecular weight is 243 g/mol. The predicted molar refractivity (Wildman–Crippen MR) is 67.1 cm³/mol. The van der Waals surface area contributed by atoms with Crippen LogP contribution in [0.25, 0.3) is 10.9 Å². The van der Waals surface area contributed by atoms with Crippen molar-refractivity contribution in [3.05, 3.63) is 36.0 Å². The number of nitrogens with zero attached hydrogens (tertiary/aromatic N) is 1. The number of aromatic nitrogens is 1. The van der Waals surface area contributed by atoms with Crippen LogP contribution in [0.15, 0.2) is 30.5 Å². The Labute approximate surface area is 104 Å². The summed E-state index contributed by atoms with van der Waals surface area (Å²) in [5, 5.41) is 3.77. The Bertz CT molecular complexity index is 632. The summed E-state index contributed by atoms with van der Waals surface area (Å²) < 4.78 is 0. The zero-order valence-corrected chi connectivity index (χ0v) is 9.93. The number of para-hydroxylation sites is 1. The number of H-pyrrole nitrogens is 1. The monoisotopic (exact) mass is 243 g/mol. The van der Waals surface area contributed by atoms with Crippen molar-refractivity contribution in [1.82, 2.24) is 15.2 Å². The molecule has 2 N–H and O–H groups in total. The van der Waals surface area contributed by atoms with E-state index in [0.29, 0.717) is 6.42 Å². The van der Waals surface area contributed by atoms with Crippen molar-refractivity contribution in [2.75, 3.05) is 7.05 Å². The highest BCUT2D eigenvalue weighted by atomic mass is 16.2. The number of hydrogen-bond donors (Lipinski definition) is 2. The van der Waals surface area contributed by atoms with E-state index < -0.39 is 6.04 Å². The molecule has 2 aromatic rings. The summed E-state index contributed by atoms with van der Waals surface area (Å²) in [6, 6.07) is 7.12. The molecule has 1 aromatic heterocycles. The molecular formula is C13H13N3O2. The molecule has 0 radical (unpaired) electrons. The molecule has 1 fully saturated rings. The van der Waals surface area contributed by atoms with Crippen LogP contribution in [0.2, 0.25) is 0 Å². The van der Waals surface area contributed by atoms with Gasteiger partial charge in [-0.1, -0.05) is 18.2 Å². The summed E-state index contributed by atoms with van der Waals surface area (Å²) in [7, 11) is 1.49. The van der Waals surface area contributed by atoms with Crippen molar-refractivity contribution in [2.45, 2.75) is 12.5 Å². The van der Waals surface area contributed by atoms with Crippen LogP contribution >= 0.6 is 0 Å². The third kappa shape index (κ3) is 1.55. The molecule has 2 heterocycles. The third-order valence-corrected chi connectivity index (χ3v) is 3.33. The van der Waals surface area contributed by atoms with Gasteiger partial charge in [-0.25, -0.2) is 4.79 Å². The Morgan fingerprint density at radius 3 is 2.78 bits per heavy atom. The van der Waals surface area contributed by atoms with Gasteiger partial charge >= 0.3 is 6.03 Å². The molecule has 1 aromatic carbocycles. The zero-order chi connectivity index (χ0) is 12.7. The first-order valence-corrected chi connectivity index (χ1v) is 5.80. The lowest BCUT2D eigenvalue weighted by molar-refractivity contribution is -0.126. The van der Waals surface area contributed by atoms with E-state index in [1.807, 2.05) is 30.5 Å². The summed E-state index contributed by atoms with van der Waals surface area (Å²) in [5.74, 6) is -0.176. The molecule has 0 aliphatic carbocycles. The average Bonchev–Trinajstić information content (AvgIpc) is 2.89. The van der Waals surface area contributed by atoms with E-state index >= 15 is 0 Å². The van der Waals surface area contributed by atoms with Gasteiger partial charge in [0.15, 0.2) is 0 Å². The van der Waals surface area contributed by atoms with Gasteiger partial charge in [0.05, 0.1) is 0 Å². The SMILES string of the molecule is CN1C(=O)N[C@H](Cc2c[nH]c3ccccc23)C1=O. The quantitative estimate of drug-likeness (QED) is 0.780. The molecule has 1 aliphatic rings. The Morgan fingerprint density at radius 2 is 2.06 bits per heavy atom. The lowest BCUT2D eigenvalue weighted by Gasteiger charge is -2.06. The van der Waals surface area contributed by atoms with Gasteiger partial charge in [0.1, 0.15) is 6.04 Å². The van der Waals surface area contributed by atoms with E-state index in [2.05, 4.69) is 10.3 Å². The lowest BCUT2D eigenvalue weighted by atomic mass is 10.1. The molecular weight excluding hydrogens is 230 g/mol. The smallest absolute Gasteiger partial charge is 0.324 e. The summed E-state index contributed by atoms with van der Waals surface area (Å²) in [5.41, 5.74) is 2.08. The molecule has 0 saturated carbocycles. The lowest BCUT2D eigenvalue weighted by Crippen LogP contribution is -2.31. The van der Waals surface area contributed by atoms with Crippen LogP contribution in [0.1, 0.15) is 5.56 Å². The minimum absolute atomic E-state index is 0.176. The van der Waals surface area contributed by atoms with Crippen LogP contribution in [-0.4, -0.2) is 34.9 Å². The summed E-state index contributed by atoms with van der Waals surface area (Å²) in [6.45, 7) is 0. The van der Waals surface area contributed by atoms with E-state index in [1.54, 1.807) is 0 Å². The number of aromatic amines is 1. The number of amides is 3. The normalized spacial score (nSPS) is 19.6. The number of benzene rings is 1. The maximum Gasteiger partial charge on any atom is 0.324 e. The molecule has 0 spiro atoms. The van der Waals surface area contributed by atoms with Gasteiger partial charge in [0.2, 0.25) is 0 Å². The summed E-state index contributed by atoms with van der Waals surface area (Å²) >= 11 is 0. The third-order valence-electron chi connectivity index (χ3n) is 3.33. The number of imide groups is 1. The summed E-state index contributed by atoms with van der Waals surface area (Å²) in [6.07, 6.45) is 2.40. The second kappa shape index (κ2) is 3.87. The van der Waals surface area contributed by atoms with Gasteiger partial charge in [-0.3, -0.25) is 9.69 Å². The summed E-state index contributed by atoms with van der Waals surface area (Å²) in [4.78, 5) is 27.5. The fourth-order valence-corrected chi connectivity index (χ4v) is 2.30. The first-order chi connectivity index (χ1) is 8.66. The maximum absolute atomic E-state index is 11.8. The van der Waals surface area contributed by atoms with E-state index in [1.165, 1.54) is 7.05 Å². The zero-order valence-electron chi connectivity index (χ0n) is 9.93. The van der Waals surface area contributed by atoms with Gasteiger partial charge in [-0.05, 0) is 11.6 Å². The molecule has 5 heteroatoms. The van der Waals surface area contributed by atoms with Crippen LogP contribution < -0.4 is 5.32 Å². The highest BCUT2D eigenvalue weighted by Gasteiger charge is 2.35. The first kappa shape index (κ1) is 10.8. The molecule has 1 atom stereocenters. The van der Waals surface area contributed by atoms with Gasteiger partial charge < -0.3 is 10.3 Å². The molecule has 18 heavy (non-hydrogen) atoms. The van der Waals surface area contributed by atoms with Crippen molar-refractivity contribution < 1.29 is 9.59 Å². The van der Waals surface area contributed by atoms with Gasteiger partial charge in [0.25, 0.3) is 5.91 Å². The molecule has 1 saturated heterocycles. The number of urea groups is 1. The molecule has 0 bridgehead atoms. The highest BCUT2D eigenvalue weighted by molar-refractivity contribution is 6.04. The molecule has 3 amide bonds. The molecule has 3 rings (SSSR count). The Morgan fingerprint density at radius 1 is 1.28 bits per heavy atom. The number of nitrogens with one attached hydrogen (secondary N) is 2. The van der Waals surface area contributed by atoms with Crippen LogP contribution in [0.4, 0.5) is 4.79 Å². The molecule has 92 valence electrons. The van der Waals surface area contributed by atoms with Gasteiger partial charge in [0, 0.05) is 30.6 Å². The number of carbonyl (C=O) groups is 2. The molecule has 1 aliphatic heterocycles. The van der Waals surface area contributed by atoms with Crippen molar-refractivity contribution in [3.63, 3.8) is 0 Å². The van der Waals surface area contributed by atoms with Gasteiger partial charge in [-0.2, -0.15) is 0 Å². The fourth-order valence-electron chi connectivity index (χ4n) is 2.30. The second-order valence-corrected chi connectivity index (χ2v) is 4.46. The standard InChI is InChI=1S/C13H13N3O2/c1-16-12(17)11(15-13(16)18)6-8-7-14-10-5-3-2-4-9(8)10/h2-5,7,11,14H,6H2,1H3,(H,15,18)/t11-/m1/s1. The fraction of sp³-hybridized carbons (Fsp3) is 0.231. The van der Waals surface area contributed by atoms with E-state index in [-0.39, 0.29) is 11.9 Å². The first-order valence-electron chi connectivity index (χ1n) is 5.80. The van der Waals surface area contributed by atoms with Crippen molar-refractivity contribution in [1.29, 1.82) is 0 Å². The van der Waals surface area contributed by atoms with Crippen LogP contribution in [-0.2, 0) is 11.2 Å². The van der Waals surface area contributed by atoms with Crippen molar-refractivity contribution in [3.8, 4) is 0 Å². The number of carbonyl (C=O) groups excluding carboxylic acids is 2. The molecule has 5 nitrogen and oxygen atoms in total. The van der Waals surface area contributed by atoms with Crippen LogP contribution in [0.3, 0.4) is 0 Å². The van der Waals surface area contributed by atoms with Crippen LogP contribution in [0, 0.1) is 0 Å². The Kier molecular flexibility index (Phi) is 2.33. The van der Waals surface area contributed by atoms with Gasteiger partial charge in [-0.15, -0.1) is 0 Å². The molecule has 0 unspecified atom stereocenters. The number of hydrogen-bond acceptors (Lipinski definition) is 2. The second-order valence-electron chi connectivity index (χ2n) is 4.46. The highest BCUT2D eigenvalue weighted by Crippen LogP contribution is 2.20. The van der Waals surface area contributed by atoms with Crippen molar-refractivity contribution >= 4 is 22.8 Å². The van der Waals surface area contributed by atoms with E-state index in [9.17, 15) is 9.59 Å². The number of rotatable bonds is 2. The topological polar surface area (TPSA) is 65.2 Å².